The fourth-order valence-corrected chi connectivity index (χ4v) is 2.04. The number of ether oxygens (including phenoxy) is 1. The number of ketones is 1. The molecule has 1 aromatic heterocycles. The molecule has 1 aromatic carbocycles. The summed E-state index contributed by atoms with van der Waals surface area (Å²) in [6.45, 7) is 3.60. The molecule has 0 N–H and O–H groups in total. The lowest BCUT2D eigenvalue weighted by Gasteiger charge is -2.23. The van der Waals surface area contributed by atoms with Gasteiger partial charge in [-0.15, -0.1) is 0 Å². The maximum Gasteiger partial charge on any atom is 0.260 e. The number of benzene rings is 1. The normalized spacial score (nSPS) is 11.8. The highest BCUT2D eigenvalue weighted by molar-refractivity contribution is 5.95. The predicted octanol–water partition coefficient (Wildman–Crippen LogP) is 2.87. The van der Waals surface area contributed by atoms with Gasteiger partial charge in [-0.25, -0.2) is 0 Å². The van der Waals surface area contributed by atoms with Gasteiger partial charge in [-0.05, 0) is 31.2 Å². The molecule has 0 radical (unpaired) electrons. The van der Waals surface area contributed by atoms with Crippen LogP contribution in [0.1, 0.15) is 42.4 Å². The van der Waals surface area contributed by atoms with Gasteiger partial charge in [0, 0.05) is 25.1 Å². The van der Waals surface area contributed by atoms with E-state index in [4.69, 9.17) is 9.26 Å². The van der Waals surface area contributed by atoms with Crippen molar-refractivity contribution in [2.24, 2.45) is 0 Å². The van der Waals surface area contributed by atoms with Gasteiger partial charge in [-0.2, -0.15) is 0 Å². The Hall–Kier alpha value is -2.63. The van der Waals surface area contributed by atoms with Crippen LogP contribution in [0.15, 0.2) is 41.1 Å². The third kappa shape index (κ3) is 4.18. The molecule has 1 heterocycles. The molecule has 0 spiro atoms. The first-order chi connectivity index (χ1) is 11.0. The molecular weight excluding hydrogens is 296 g/mol. The lowest BCUT2D eigenvalue weighted by Crippen LogP contribution is -2.33. The lowest BCUT2D eigenvalue weighted by molar-refractivity contribution is -0.134. The van der Waals surface area contributed by atoms with Crippen molar-refractivity contribution in [1.29, 1.82) is 0 Å². The van der Waals surface area contributed by atoms with Crippen LogP contribution in [-0.4, -0.2) is 35.4 Å². The zero-order valence-electron chi connectivity index (χ0n) is 13.5. The van der Waals surface area contributed by atoms with E-state index in [2.05, 4.69) is 5.16 Å². The molecule has 0 fully saturated rings. The summed E-state index contributed by atoms with van der Waals surface area (Å²) in [5.41, 5.74) is 1.33. The zero-order valence-corrected chi connectivity index (χ0v) is 13.5. The molecule has 1 amide bonds. The number of hydrogen-bond donors (Lipinski definition) is 0. The van der Waals surface area contributed by atoms with E-state index in [0.29, 0.717) is 23.4 Å². The molecule has 0 unspecified atom stereocenters. The van der Waals surface area contributed by atoms with Crippen LogP contribution in [0.4, 0.5) is 0 Å². The summed E-state index contributed by atoms with van der Waals surface area (Å²) in [5.74, 6) is 0.455. The van der Waals surface area contributed by atoms with Gasteiger partial charge in [0.1, 0.15) is 17.7 Å². The van der Waals surface area contributed by atoms with Crippen molar-refractivity contribution in [1.82, 2.24) is 10.1 Å². The average molecular weight is 316 g/mol. The summed E-state index contributed by atoms with van der Waals surface area (Å²) < 4.78 is 10.3. The number of hydrogen-bond acceptors (Lipinski definition) is 5. The minimum atomic E-state index is -0.200. The Morgan fingerprint density at radius 3 is 2.52 bits per heavy atom. The molecule has 0 saturated carbocycles. The molecule has 2 rings (SSSR count). The van der Waals surface area contributed by atoms with Crippen LogP contribution in [0.5, 0.6) is 5.75 Å². The lowest BCUT2D eigenvalue weighted by atomic mass is 10.1. The predicted molar refractivity (Wildman–Crippen MR) is 84.2 cm³/mol. The number of nitrogens with zero attached hydrogens (tertiary/aromatic N) is 2. The first-order valence-electron chi connectivity index (χ1n) is 7.45. The third-order valence-corrected chi connectivity index (χ3v) is 3.72. The van der Waals surface area contributed by atoms with Crippen LogP contribution in [0.2, 0.25) is 0 Å². The number of amides is 1. The standard InChI is InChI=1S/C17H20N2O4/c1-4-16(20)13-5-7-14(8-6-13)22-11-17(21)19(3)12(2)15-9-10-23-18-15/h5-10,12H,4,11H2,1-3H3/t12-/m1/s1. The highest BCUT2D eigenvalue weighted by Crippen LogP contribution is 2.17. The molecule has 1 atom stereocenters. The van der Waals surface area contributed by atoms with Crippen molar-refractivity contribution in [3.05, 3.63) is 47.9 Å². The van der Waals surface area contributed by atoms with Gasteiger partial charge in [0.05, 0.1) is 6.04 Å². The van der Waals surface area contributed by atoms with Gasteiger partial charge in [0.15, 0.2) is 12.4 Å². The van der Waals surface area contributed by atoms with Gasteiger partial charge >= 0.3 is 0 Å². The monoisotopic (exact) mass is 316 g/mol. The SMILES string of the molecule is CCC(=O)c1ccc(OCC(=O)N(C)[C@H](C)c2ccon2)cc1. The molecule has 0 bridgehead atoms. The van der Waals surface area contributed by atoms with Crippen LogP contribution in [0, 0.1) is 0 Å². The Kier molecular flexibility index (Phi) is 5.51. The van der Waals surface area contributed by atoms with Crippen molar-refractivity contribution in [2.75, 3.05) is 13.7 Å². The highest BCUT2D eigenvalue weighted by Gasteiger charge is 2.19. The molecular formula is C17H20N2O4. The second-order valence-corrected chi connectivity index (χ2v) is 5.19. The van der Waals surface area contributed by atoms with Gasteiger partial charge in [-0.3, -0.25) is 9.59 Å². The number of rotatable bonds is 7. The molecule has 0 aliphatic heterocycles. The van der Waals surface area contributed by atoms with E-state index in [1.165, 1.54) is 6.26 Å². The van der Waals surface area contributed by atoms with E-state index in [1.54, 1.807) is 42.3 Å². The number of carbonyl (C=O) groups is 2. The smallest absolute Gasteiger partial charge is 0.260 e. The molecule has 23 heavy (non-hydrogen) atoms. The maximum atomic E-state index is 12.2. The van der Waals surface area contributed by atoms with E-state index >= 15 is 0 Å². The fraction of sp³-hybridized carbons (Fsp3) is 0.353. The first kappa shape index (κ1) is 16.7. The molecule has 0 saturated heterocycles. The van der Waals surface area contributed by atoms with Crippen LogP contribution in [0.25, 0.3) is 0 Å². The Balaban J connectivity index is 1.90. The van der Waals surface area contributed by atoms with Crippen LogP contribution in [0.3, 0.4) is 0 Å². The number of carbonyl (C=O) groups excluding carboxylic acids is 2. The minimum absolute atomic E-state index is 0.0776. The van der Waals surface area contributed by atoms with Crippen molar-refractivity contribution >= 4 is 11.7 Å². The summed E-state index contributed by atoms with van der Waals surface area (Å²) in [6.07, 6.45) is 1.93. The van der Waals surface area contributed by atoms with Crippen LogP contribution < -0.4 is 4.74 Å². The second-order valence-electron chi connectivity index (χ2n) is 5.19. The van der Waals surface area contributed by atoms with E-state index in [-0.39, 0.29) is 24.3 Å². The summed E-state index contributed by atoms with van der Waals surface area (Å²) >= 11 is 0. The Morgan fingerprint density at radius 1 is 1.26 bits per heavy atom. The highest BCUT2D eigenvalue weighted by atomic mass is 16.5. The van der Waals surface area contributed by atoms with Crippen molar-refractivity contribution in [2.45, 2.75) is 26.3 Å². The zero-order chi connectivity index (χ0) is 16.8. The minimum Gasteiger partial charge on any atom is -0.484 e. The van der Waals surface area contributed by atoms with Gasteiger partial charge in [-0.1, -0.05) is 12.1 Å². The van der Waals surface area contributed by atoms with E-state index < -0.39 is 0 Å². The topological polar surface area (TPSA) is 72.6 Å². The van der Waals surface area contributed by atoms with E-state index in [1.807, 2.05) is 13.8 Å². The molecule has 0 aliphatic rings. The van der Waals surface area contributed by atoms with E-state index in [0.717, 1.165) is 0 Å². The summed E-state index contributed by atoms with van der Waals surface area (Å²) in [5, 5.41) is 3.83. The Morgan fingerprint density at radius 2 is 1.96 bits per heavy atom. The van der Waals surface area contributed by atoms with Crippen molar-refractivity contribution in [3.63, 3.8) is 0 Å². The molecule has 6 nitrogen and oxygen atoms in total. The molecule has 2 aromatic rings. The van der Waals surface area contributed by atoms with Gasteiger partial charge in [0.25, 0.3) is 5.91 Å². The third-order valence-electron chi connectivity index (χ3n) is 3.72. The largest absolute Gasteiger partial charge is 0.484 e. The number of aromatic nitrogens is 1. The van der Waals surface area contributed by atoms with Crippen LogP contribution in [-0.2, 0) is 4.79 Å². The van der Waals surface area contributed by atoms with Gasteiger partial charge < -0.3 is 14.2 Å². The number of likely N-dealkylation sites (N-methyl/N-ethyl adjacent to an activating group) is 1. The summed E-state index contributed by atoms with van der Waals surface area (Å²) in [6, 6.07) is 8.31. The van der Waals surface area contributed by atoms with E-state index in [9.17, 15) is 9.59 Å². The Labute approximate surface area is 135 Å². The van der Waals surface area contributed by atoms with Crippen molar-refractivity contribution in [3.8, 4) is 5.75 Å². The first-order valence-corrected chi connectivity index (χ1v) is 7.45. The number of Topliss-reactive ketones (excluding diaryl/α,β-unsaturated/α-hetero) is 1. The van der Waals surface area contributed by atoms with Crippen LogP contribution >= 0.6 is 0 Å². The summed E-state index contributed by atoms with van der Waals surface area (Å²) in [7, 11) is 1.69. The molecule has 6 heteroatoms. The van der Waals surface area contributed by atoms with Crippen molar-refractivity contribution < 1.29 is 18.8 Å². The fourth-order valence-electron chi connectivity index (χ4n) is 2.04. The Bertz CT molecular complexity index is 650. The quantitative estimate of drug-likeness (QED) is 0.734. The molecule has 0 aliphatic carbocycles. The summed E-state index contributed by atoms with van der Waals surface area (Å²) in [4.78, 5) is 25.3. The molecule has 122 valence electrons. The maximum absolute atomic E-state index is 12.2. The average Bonchev–Trinajstić information content (AvgIpc) is 3.12. The van der Waals surface area contributed by atoms with Gasteiger partial charge in [0.2, 0.25) is 0 Å². The second kappa shape index (κ2) is 7.58.